The van der Waals surface area contributed by atoms with Crippen molar-refractivity contribution in [2.75, 3.05) is 0 Å². The second-order valence-corrected chi connectivity index (χ2v) is 2.24. The Morgan fingerprint density at radius 2 is 1.69 bits per heavy atom. The monoisotopic (exact) mass is 178 g/mol. The third kappa shape index (κ3) is 6.15. The fraction of sp³-hybridized carbons (Fsp3) is 0.385. The molecule has 0 nitrogen and oxygen atoms in total. The van der Waals surface area contributed by atoms with Gasteiger partial charge in [0.2, 0.25) is 0 Å². The van der Waals surface area contributed by atoms with Crippen molar-refractivity contribution in [1.29, 1.82) is 0 Å². The zero-order chi connectivity index (χ0) is 10.7. The first kappa shape index (κ1) is 14.5. The lowest BCUT2D eigenvalue weighted by atomic mass is 10.1. The fourth-order valence-corrected chi connectivity index (χ4v) is 0.952. The summed E-state index contributed by atoms with van der Waals surface area (Å²) in [6.45, 7) is 15.6. The van der Waals surface area contributed by atoms with E-state index in [2.05, 4.69) is 20.1 Å². The van der Waals surface area contributed by atoms with Crippen molar-refractivity contribution >= 4 is 0 Å². The summed E-state index contributed by atoms with van der Waals surface area (Å²) in [4.78, 5) is 0. The van der Waals surface area contributed by atoms with Gasteiger partial charge in [-0.05, 0) is 24.5 Å². The molecule has 0 heterocycles. The predicted molar refractivity (Wildman–Crippen MR) is 63.9 cm³/mol. The van der Waals surface area contributed by atoms with Crippen LogP contribution >= 0.6 is 0 Å². The largest absolute Gasteiger partial charge is 0.0988 e. The molecule has 0 unspecified atom stereocenters. The summed E-state index contributed by atoms with van der Waals surface area (Å²) in [7, 11) is 0. The van der Waals surface area contributed by atoms with Gasteiger partial charge in [-0.3, -0.25) is 0 Å². The number of rotatable bonds is 4. The zero-order valence-electron chi connectivity index (χ0n) is 9.43. The molecule has 0 aliphatic carbocycles. The van der Waals surface area contributed by atoms with Gasteiger partial charge in [-0.1, -0.05) is 58.2 Å². The van der Waals surface area contributed by atoms with Crippen molar-refractivity contribution in [2.24, 2.45) is 0 Å². The van der Waals surface area contributed by atoms with Crippen LogP contribution in [-0.2, 0) is 0 Å². The Labute approximate surface area is 83.4 Å². The molecule has 0 N–H and O–H groups in total. The van der Waals surface area contributed by atoms with E-state index in [-0.39, 0.29) is 0 Å². The van der Waals surface area contributed by atoms with E-state index in [1.165, 1.54) is 11.1 Å². The van der Waals surface area contributed by atoms with Crippen LogP contribution in [0.1, 0.15) is 34.1 Å². The first-order chi connectivity index (χ1) is 6.29. The second-order valence-electron chi connectivity index (χ2n) is 2.24. The van der Waals surface area contributed by atoms with E-state index < -0.39 is 0 Å². The molecule has 0 fully saturated rings. The van der Waals surface area contributed by atoms with Crippen LogP contribution in [-0.4, -0.2) is 0 Å². The van der Waals surface area contributed by atoms with Gasteiger partial charge in [0, 0.05) is 0 Å². The van der Waals surface area contributed by atoms with Crippen molar-refractivity contribution in [1.82, 2.24) is 0 Å². The van der Waals surface area contributed by atoms with Crippen LogP contribution in [0.2, 0.25) is 0 Å². The molecule has 0 saturated carbocycles. The fourth-order valence-electron chi connectivity index (χ4n) is 0.952. The summed E-state index contributed by atoms with van der Waals surface area (Å²) < 4.78 is 0. The molecule has 13 heavy (non-hydrogen) atoms. The van der Waals surface area contributed by atoms with Crippen molar-refractivity contribution in [2.45, 2.75) is 34.1 Å². The minimum atomic E-state index is 1.01. The van der Waals surface area contributed by atoms with Crippen molar-refractivity contribution in [3.63, 3.8) is 0 Å². The lowest BCUT2D eigenvalue weighted by Gasteiger charge is -2.00. The number of hydrogen-bond acceptors (Lipinski definition) is 0. The third-order valence-electron chi connectivity index (χ3n) is 1.56. The van der Waals surface area contributed by atoms with Gasteiger partial charge in [0.15, 0.2) is 0 Å². The van der Waals surface area contributed by atoms with Crippen LogP contribution in [0, 0.1) is 0 Å². The normalized spacial score (nSPS) is 11.4. The lowest BCUT2D eigenvalue weighted by molar-refractivity contribution is 1.14. The first-order valence-electron chi connectivity index (χ1n) is 4.90. The Kier molecular flexibility index (Phi) is 12.2. The highest BCUT2D eigenvalue weighted by molar-refractivity contribution is 5.38. The molecule has 0 rings (SSSR count). The van der Waals surface area contributed by atoms with Gasteiger partial charge >= 0.3 is 0 Å². The van der Waals surface area contributed by atoms with Crippen LogP contribution in [0.4, 0.5) is 0 Å². The number of hydrogen-bond donors (Lipinski definition) is 0. The molecule has 0 atom stereocenters. The third-order valence-corrected chi connectivity index (χ3v) is 1.56. The summed E-state index contributed by atoms with van der Waals surface area (Å²) in [6.07, 6.45) is 8.82. The molecule has 0 amide bonds. The van der Waals surface area contributed by atoms with E-state index in [4.69, 9.17) is 0 Å². The highest BCUT2D eigenvalue weighted by atomic mass is 14.0. The van der Waals surface area contributed by atoms with E-state index in [1.807, 2.05) is 45.1 Å². The molecular weight excluding hydrogens is 156 g/mol. The van der Waals surface area contributed by atoms with Gasteiger partial charge < -0.3 is 0 Å². The van der Waals surface area contributed by atoms with E-state index in [9.17, 15) is 0 Å². The molecule has 0 radical (unpaired) electrons. The molecule has 0 bridgehead atoms. The van der Waals surface area contributed by atoms with E-state index >= 15 is 0 Å². The molecule has 0 aliphatic heterocycles. The summed E-state index contributed by atoms with van der Waals surface area (Å²) in [6, 6.07) is 0. The maximum Gasteiger partial charge on any atom is -0.0234 e. The summed E-state index contributed by atoms with van der Waals surface area (Å²) in [5.74, 6) is 0. The van der Waals surface area contributed by atoms with Gasteiger partial charge in [-0.25, -0.2) is 0 Å². The zero-order valence-corrected chi connectivity index (χ0v) is 9.43. The lowest BCUT2D eigenvalue weighted by Crippen LogP contribution is -1.80. The summed E-state index contributed by atoms with van der Waals surface area (Å²) in [5, 5.41) is 0. The van der Waals surface area contributed by atoms with Crippen LogP contribution in [0.3, 0.4) is 0 Å². The van der Waals surface area contributed by atoms with Crippen LogP contribution in [0.5, 0.6) is 0 Å². The SMILES string of the molecule is C=CC(/C=C/C)=C(\C=C)CC.CC. The molecule has 0 saturated heterocycles. The van der Waals surface area contributed by atoms with E-state index in [0.717, 1.165) is 6.42 Å². The molecule has 0 aromatic carbocycles. The quantitative estimate of drug-likeness (QED) is 0.549. The van der Waals surface area contributed by atoms with Crippen LogP contribution in [0.15, 0.2) is 48.6 Å². The van der Waals surface area contributed by atoms with E-state index in [1.54, 1.807) is 0 Å². The Hall–Kier alpha value is -1.04. The molecule has 0 aliphatic rings. The Morgan fingerprint density at radius 1 is 1.15 bits per heavy atom. The van der Waals surface area contributed by atoms with Gasteiger partial charge in [0.05, 0.1) is 0 Å². The summed E-state index contributed by atoms with van der Waals surface area (Å²) >= 11 is 0. The Morgan fingerprint density at radius 3 is 1.92 bits per heavy atom. The van der Waals surface area contributed by atoms with Gasteiger partial charge in [-0.15, -0.1) is 0 Å². The minimum Gasteiger partial charge on any atom is -0.0988 e. The van der Waals surface area contributed by atoms with Crippen molar-refractivity contribution in [3.05, 3.63) is 48.6 Å². The van der Waals surface area contributed by atoms with Gasteiger partial charge in [0.1, 0.15) is 0 Å². The van der Waals surface area contributed by atoms with Gasteiger partial charge in [0.25, 0.3) is 0 Å². The topological polar surface area (TPSA) is 0 Å². The molecule has 0 aromatic rings. The molecule has 74 valence electrons. The standard InChI is InChI=1S/C11H16.C2H6/c1-5-9-11(8-4)10(6-2)7-3;1-2/h5-6,8-9H,2,4,7H2,1,3H3;1-2H3/b9-5+,11-10-;. The average Bonchev–Trinajstić information content (AvgIpc) is 2.21. The second kappa shape index (κ2) is 11.0. The molecule has 0 aromatic heterocycles. The van der Waals surface area contributed by atoms with Gasteiger partial charge in [-0.2, -0.15) is 0 Å². The minimum absolute atomic E-state index is 1.01. The molecule has 0 spiro atoms. The highest BCUT2D eigenvalue weighted by Crippen LogP contribution is 2.11. The highest BCUT2D eigenvalue weighted by Gasteiger charge is 1.92. The maximum atomic E-state index is 3.74. The summed E-state index contributed by atoms with van der Waals surface area (Å²) in [5.41, 5.74) is 2.42. The predicted octanol–water partition coefficient (Wildman–Crippen LogP) is 4.67. The maximum absolute atomic E-state index is 3.74. The van der Waals surface area contributed by atoms with Crippen LogP contribution < -0.4 is 0 Å². The molecule has 0 heteroatoms. The average molecular weight is 178 g/mol. The Balaban J connectivity index is 0. The number of allylic oxidation sites excluding steroid dienone is 6. The first-order valence-corrected chi connectivity index (χ1v) is 4.90. The van der Waals surface area contributed by atoms with E-state index in [0.29, 0.717) is 0 Å². The molecular formula is C13H22. The smallest absolute Gasteiger partial charge is 0.0234 e. The van der Waals surface area contributed by atoms with Crippen molar-refractivity contribution in [3.8, 4) is 0 Å². The Bertz CT molecular complexity index is 192. The van der Waals surface area contributed by atoms with Crippen LogP contribution in [0.25, 0.3) is 0 Å². The van der Waals surface area contributed by atoms with Crippen molar-refractivity contribution < 1.29 is 0 Å².